The maximum Gasteiger partial charge on any atom is 0.309 e. The summed E-state index contributed by atoms with van der Waals surface area (Å²) in [5.41, 5.74) is 1.79. The Morgan fingerprint density at radius 1 is 1.47 bits per heavy atom. The van der Waals surface area contributed by atoms with Crippen molar-refractivity contribution in [3.05, 3.63) is 50.4 Å². The number of carboxylic acids is 1. The van der Waals surface area contributed by atoms with Gasteiger partial charge in [0.2, 0.25) is 0 Å². The molecule has 1 heterocycles. The van der Waals surface area contributed by atoms with Gasteiger partial charge in [0.15, 0.2) is 0 Å². The fourth-order valence-electron chi connectivity index (χ4n) is 1.49. The normalized spacial score (nSPS) is 10.4. The Morgan fingerprint density at radius 2 is 2.29 bits per heavy atom. The summed E-state index contributed by atoms with van der Waals surface area (Å²) in [6.45, 7) is 0. The second kappa shape index (κ2) is 5.42. The third-order valence-electron chi connectivity index (χ3n) is 2.18. The molecule has 0 aliphatic carbocycles. The van der Waals surface area contributed by atoms with Gasteiger partial charge in [0.05, 0.1) is 17.1 Å². The summed E-state index contributed by atoms with van der Waals surface area (Å²) in [6.07, 6.45) is 0.735. The molecule has 0 aliphatic rings. The van der Waals surface area contributed by atoms with E-state index in [0.717, 1.165) is 21.5 Å². The third-order valence-corrected chi connectivity index (χ3v) is 3.57. The standard InChI is InChI=1S/C12H10BrNO2S/c13-9-3-1-2-8(4-9)5-11-14-10(7-17-11)6-12(15)16/h1-4,7H,5-6H2,(H,15,16). The number of nitrogens with zero attached hydrogens (tertiary/aromatic N) is 1. The van der Waals surface area contributed by atoms with E-state index in [1.165, 1.54) is 11.3 Å². The van der Waals surface area contributed by atoms with Gasteiger partial charge in [0, 0.05) is 16.3 Å². The molecule has 0 unspecified atom stereocenters. The van der Waals surface area contributed by atoms with Crippen molar-refractivity contribution in [3.63, 3.8) is 0 Å². The van der Waals surface area contributed by atoms with Gasteiger partial charge in [-0.1, -0.05) is 28.1 Å². The number of hydrogen-bond acceptors (Lipinski definition) is 3. The van der Waals surface area contributed by atoms with Crippen molar-refractivity contribution < 1.29 is 9.90 Å². The summed E-state index contributed by atoms with van der Waals surface area (Å²) in [5.74, 6) is -0.843. The summed E-state index contributed by atoms with van der Waals surface area (Å²) >= 11 is 4.92. The summed E-state index contributed by atoms with van der Waals surface area (Å²) in [4.78, 5) is 14.8. The van der Waals surface area contributed by atoms with Crippen LogP contribution < -0.4 is 0 Å². The highest BCUT2D eigenvalue weighted by atomic mass is 79.9. The van der Waals surface area contributed by atoms with Gasteiger partial charge in [-0.2, -0.15) is 0 Å². The van der Waals surface area contributed by atoms with Gasteiger partial charge in [-0.15, -0.1) is 11.3 Å². The van der Waals surface area contributed by atoms with E-state index >= 15 is 0 Å². The predicted octanol–water partition coefficient (Wildman–Crippen LogP) is 3.12. The van der Waals surface area contributed by atoms with Gasteiger partial charge in [0.25, 0.3) is 0 Å². The highest BCUT2D eigenvalue weighted by molar-refractivity contribution is 9.10. The van der Waals surface area contributed by atoms with Crippen LogP contribution in [0.25, 0.3) is 0 Å². The van der Waals surface area contributed by atoms with Crippen LogP contribution in [0.1, 0.15) is 16.3 Å². The Labute approximate surface area is 111 Å². The molecule has 17 heavy (non-hydrogen) atoms. The van der Waals surface area contributed by atoms with Crippen LogP contribution in [0.15, 0.2) is 34.1 Å². The number of carboxylic acid groups (broad SMARTS) is 1. The Morgan fingerprint density at radius 3 is 3.00 bits per heavy atom. The van der Waals surface area contributed by atoms with Crippen molar-refractivity contribution in [2.24, 2.45) is 0 Å². The molecule has 5 heteroatoms. The summed E-state index contributed by atoms with van der Waals surface area (Å²) < 4.78 is 1.04. The first-order valence-corrected chi connectivity index (χ1v) is 6.70. The third kappa shape index (κ3) is 3.64. The minimum atomic E-state index is -0.843. The highest BCUT2D eigenvalue weighted by Crippen LogP contribution is 2.18. The molecule has 88 valence electrons. The molecule has 2 rings (SSSR count). The van der Waals surface area contributed by atoms with Crippen molar-refractivity contribution >= 4 is 33.2 Å². The largest absolute Gasteiger partial charge is 0.481 e. The van der Waals surface area contributed by atoms with Crippen molar-refractivity contribution in [3.8, 4) is 0 Å². The fourth-order valence-corrected chi connectivity index (χ4v) is 2.76. The van der Waals surface area contributed by atoms with Crippen LogP contribution in [0.5, 0.6) is 0 Å². The van der Waals surface area contributed by atoms with Crippen molar-refractivity contribution in [1.29, 1.82) is 0 Å². The lowest BCUT2D eigenvalue weighted by molar-refractivity contribution is -0.136. The highest BCUT2D eigenvalue weighted by Gasteiger charge is 2.06. The van der Waals surface area contributed by atoms with E-state index in [4.69, 9.17) is 5.11 Å². The van der Waals surface area contributed by atoms with E-state index in [-0.39, 0.29) is 6.42 Å². The van der Waals surface area contributed by atoms with Crippen LogP contribution in [-0.2, 0) is 17.6 Å². The van der Waals surface area contributed by atoms with Gasteiger partial charge >= 0.3 is 5.97 Å². The van der Waals surface area contributed by atoms with Crippen molar-refractivity contribution in [1.82, 2.24) is 4.98 Å². The number of carbonyl (C=O) groups is 1. The first-order chi connectivity index (χ1) is 8.13. The van der Waals surface area contributed by atoms with E-state index in [2.05, 4.69) is 20.9 Å². The molecule has 0 spiro atoms. The molecule has 0 radical (unpaired) electrons. The first kappa shape index (κ1) is 12.3. The summed E-state index contributed by atoms with van der Waals surface area (Å²) in [6, 6.07) is 8.02. The molecule has 0 aliphatic heterocycles. The van der Waals surface area contributed by atoms with Crippen molar-refractivity contribution in [2.75, 3.05) is 0 Å². The number of aromatic nitrogens is 1. The second-order valence-electron chi connectivity index (χ2n) is 3.61. The lowest BCUT2D eigenvalue weighted by Crippen LogP contribution is -2.00. The maximum absolute atomic E-state index is 10.5. The van der Waals surface area contributed by atoms with Crippen LogP contribution in [0, 0.1) is 0 Å². The molecule has 0 amide bonds. The zero-order chi connectivity index (χ0) is 12.3. The molecule has 3 nitrogen and oxygen atoms in total. The fraction of sp³-hybridized carbons (Fsp3) is 0.167. The Hall–Kier alpha value is -1.20. The molecule has 0 bridgehead atoms. The summed E-state index contributed by atoms with van der Waals surface area (Å²) in [7, 11) is 0. The summed E-state index contributed by atoms with van der Waals surface area (Å²) in [5, 5.41) is 11.4. The number of thiazole rings is 1. The van der Waals surface area contributed by atoms with Crippen molar-refractivity contribution in [2.45, 2.75) is 12.8 Å². The van der Waals surface area contributed by atoms with Crippen LogP contribution in [0.2, 0.25) is 0 Å². The van der Waals surface area contributed by atoms with Crippen LogP contribution >= 0.6 is 27.3 Å². The van der Waals surface area contributed by atoms with E-state index in [1.54, 1.807) is 5.38 Å². The zero-order valence-corrected chi connectivity index (χ0v) is 11.3. The molecule has 1 aromatic carbocycles. The average molecular weight is 312 g/mol. The van der Waals surface area contributed by atoms with E-state index in [1.807, 2.05) is 24.3 Å². The minimum Gasteiger partial charge on any atom is -0.481 e. The van der Waals surface area contributed by atoms with Crippen LogP contribution in [0.3, 0.4) is 0 Å². The predicted molar refractivity (Wildman–Crippen MR) is 70.4 cm³/mol. The smallest absolute Gasteiger partial charge is 0.309 e. The molecular formula is C12H10BrNO2S. The molecular weight excluding hydrogens is 302 g/mol. The second-order valence-corrected chi connectivity index (χ2v) is 5.47. The van der Waals surface area contributed by atoms with Gasteiger partial charge in [-0.3, -0.25) is 4.79 Å². The Balaban J connectivity index is 2.08. The average Bonchev–Trinajstić information content (AvgIpc) is 2.64. The monoisotopic (exact) mass is 311 g/mol. The molecule has 0 saturated carbocycles. The maximum atomic E-state index is 10.5. The lowest BCUT2D eigenvalue weighted by atomic mass is 10.2. The number of hydrogen-bond donors (Lipinski definition) is 1. The minimum absolute atomic E-state index is 0.00498. The molecule has 1 N–H and O–H groups in total. The molecule has 0 atom stereocenters. The van der Waals surface area contributed by atoms with Gasteiger partial charge < -0.3 is 5.11 Å². The topological polar surface area (TPSA) is 50.2 Å². The molecule has 1 aromatic heterocycles. The zero-order valence-electron chi connectivity index (χ0n) is 8.89. The molecule has 0 saturated heterocycles. The lowest BCUT2D eigenvalue weighted by Gasteiger charge is -1.98. The van der Waals surface area contributed by atoms with Gasteiger partial charge in [0.1, 0.15) is 0 Å². The number of halogens is 1. The quantitative estimate of drug-likeness (QED) is 0.943. The number of benzene rings is 1. The first-order valence-electron chi connectivity index (χ1n) is 5.03. The van der Waals surface area contributed by atoms with E-state index in [0.29, 0.717) is 5.69 Å². The SMILES string of the molecule is O=C(O)Cc1csc(Cc2cccc(Br)c2)n1. The van der Waals surface area contributed by atoms with Crippen LogP contribution in [0.4, 0.5) is 0 Å². The van der Waals surface area contributed by atoms with Gasteiger partial charge in [-0.05, 0) is 17.7 Å². The molecule has 0 fully saturated rings. The van der Waals surface area contributed by atoms with Gasteiger partial charge in [-0.25, -0.2) is 4.98 Å². The van der Waals surface area contributed by atoms with E-state index < -0.39 is 5.97 Å². The van der Waals surface area contributed by atoms with E-state index in [9.17, 15) is 4.79 Å². The van der Waals surface area contributed by atoms with Crippen LogP contribution in [-0.4, -0.2) is 16.1 Å². The number of aliphatic carboxylic acids is 1. The Kier molecular flexibility index (Phi) is 3.91. The number of rotatable bonds is 4. The molecule has 2 aromatic rings. The Bertz CT molecular complexity index is 539.